The first-order valence-electron chi connectivity index (χ1n) is 6.55. The summed E-state index contributed by atoms with van der Waals surface area (Å²) in [6.07, 6.45) is 1.85. The Labute approximate surface area is 126 Å². The van der Waals surface area contributed by atoms with Crippen LogP contribution in [0.4, 0.5) is 10.6 Å². The minimum Gasteiger partial charge on any atom is -0.453 e. The zero-order valence-electron chi connectivity index (χ0n) is 11.7. The number of amides is 1. The van der Waals surface area contributed by atoms with Crippen molar-refractivity contribution in [1.82, 2.24) is 24.9 Å². The highest BCUT2D eigenvalue weighted by molar-refractivity contribution is 6.30. The number of ether oxygens (including phenoxy) is 1. The van der Waals surface area contributed by atoms with E-state index in [1.165, 1.54) is 13.4 Å². The largest absolute Gasteiger partial charge is 0.453 e. The number of nitrogens with one attached hydrogen (secondary N) is 1. The average molecular weight is 311 g/mol. The fraction of sp³-hybridized carbons (Fsp3) is 0.500. The van der Waals surface area contributed by atoms with Crippen molar-refractivity contribution in [2.24, 2.45) is 0 Å². The van der Waals surface area contributed by atoms with Crippen molar-refractivity contribution in [3.05, 3.63) is 17.0 Å². The van der Waals surface area contributed by atoms with Crippen LogP contribution in [0.3, 0.4) is 0 Å². The molecule has 1 amide bonds. The van der Waals surface area contributed by atoms with E-state index in [1.807, 2.05) is 6.92 Å². The number of halogens is 1. The van der Waals surface area contributed by atoms with E-state index in [2.05, 4.69) is 30.0 Å². The SMILES string of the molecule is COC(=O)NC1CCN(c2c(C)c(Cl)nc3ncnn23)C1. The van der Waals surface area contributed by atoms with Crippen molar-refractivity contribution in [3.8, 4) is 0 Å². The standard InChI is InChI=1S/C12H15ClN6O2/c1-7-9(13)17-11-14-6-15-19(11)10(7)18-4-3-8(5-18)16-12(20)21-2/h6,8H,3-5H2,1-2H3,(H,16,20). The van der Waals surface area contributed by atoms with Gasteiger partial charge in [-0.05, 0) is 13.3 Å². The van der Waals surface area contributed by atoms with Gasteiger partial charge in [0.25, 0.3) is 5.78 Å². The molecule has 0 bridgehead atoms. The van der Waals surface area contributed by atoms with Gasteiger partial charge in [-0.1, -0.05) is 11.6 Å². The molecule has 1 aliphatic heterocycles. The third-order valence-electron chi connectivity index (χ3n) is 3.57. The van der Waals surface area contributed by atoms with Gasteiger partial charge < -0.3 is 15.0 Å². The van der Waals surface area contributed by atoms with Crippen molar-refractivity contribution in [3.63, 3.8) is 0 Å². The van der Waals surface area contributed by atoms with Crippen LogP contribution in [-0.4, -0.2) is 51.9 Å². The van der Waals surface area contributed by atoms with Crippen LogP contribution in [0.5, 0.6) is 0 Å². The summed E-state index contributed by atoms with van der Waals surface area (Å²) in [5.74, 6) is 1.32. The minimum absolute atomic E-state index is 0.0300. The lowest BCUT2D eigenvalue weighted by molar-refractivity contribution is 0.167. The van der Waals surface area contributed by atoms with Crippen LogP contribution in [0.15, 0.2) is 6.33 Å². The molecule has 0 spiro atoms. The Balaban J connectivity index is 1.90. The number of nitrogens with zero attached hydrogens (tertiary/aromatic N) is 5. The second kappa shape index (κ2) is 5.36. The summed E-state index contributed by atoms with van der Waals surface area (Å²) in [7, 11) is 1.35. The van der Waals surface area contributed by atoms with E-state index in [0.717, 1.165) is 24.3 Å². The smallest absolute Gasteiger partial charge is 0.407 e. The number of fused-ring (bicyclic) bond motifs is 1. The van der Waals surface area contributed by atoms with E-state index in [9.17, 15) is 4.79 Å². The Bertz CT molecular complexity index is 688. The Morgan fingerprint density at radius 2 is 2.38 bits per heavy atom. The highest BCUT2D eigenvalue weighted by Gasteiger charge is 2.28. The summed E-state index contributed by atoms with van der Waals surface area (Å²) in [5, 5.41) is 7.42. The third-order valence-corrected chi connectivity index (χ3v) is 3.94. The van der Waals surface area contributed by atoms with Gasteiger partial charge in [0, 0.05) is 18.7 Å². The van der Waals surface area contributed by atoms with E-state index in [-0.39, 0.29) is 6.04 Å². The van der Waals surface area contributed by atoms with E-state index in [0.29, 0.717) is 17.5 Å². The molecule has 1 atom stereocenters. The summed E-state index contributed by atoms with van der Waals surface area (Å²) in [6.45, 7) is 3.34. The third kappa shape index (κ3) is 2.46. The van der Waals surface area contributed by atoms with E-state index >= 15 is 0 Å². The minimum atomic E-state index is -0.419. The lowest BCUT2D eigenvalue weighted by Gasteiger charge is -2.21. The van der Waals surface area contributed by atoms with Crippen molar-refractivity contribution in [2.75, 3.05) is 25.1 Å². The number of alkyl carbamates (subject to hydrolysis) is 1. The van der Waals surface area contributed by atoms with Crippen LogP contribution in [-0.2, 0) is 4.74 Å². The molecular weight excluding hydrogens is 296 g/mol. The van der Waals surface area contributed by atoms with Crippen LogP contribution in [0.1, 0.15) is 12.0 Å². The number of anilines is 1. The molecule has 3 rings (SSSR count). The van der Waals surface area contributed by atoms with Crippen LogP contribution in [0.25, 0.3) is 5.78 Å². The number of methoxy groups -OCH3 is 1. The first-order chi connectivity index (χ1) is 10.1. The first-order valence-corrected chi connectivity index (χ1v) is 6.93. The molecule has 2 aromatic heterocycles. The molecule has 1 N–H and O–H groups in total. The van der Waals surface area contributed by atoms with Crippen LogP contribution in [0.2, 0.25) is 5.15 Å². The maximum absolute atomic E-state index is 11.3. The van der Waals surface area contributed by atoms with Gasteiger partial charge >= 0.3 is 6.09 Å². The number of hydrogen-bond acceptors (Lipinski definition) is 6. The Morgan fingerprint density at radius 3 is 3.14 bits per heavy atom. The number of aromatic nitrogens is 4. The van der Waals surface area contributed by atoms with Gasteiger partial charge in [-0.15, -0.1) is 0 Å². The predicted octanol–water partition coefficient (Wildman–Crippen LogP) is 1.02. The van der Waals surface area contributed by atoms with Gasteiger partial charge in [-0.3, -0.25) is 0 Å². The average Bonchev–Trinajstić information content (AvgIpc) is 3.09. The molecule has 0 aromatic carbocycles. The molecule has 8 nitrogen and oxygen atoms in total. The van der Waals surface area contributed by atoms with Crippen molar-refractivity contribution in [2.45, 2.75) is 19.4 Å². The highest BCUT2D eigenvalue weighted by Crippen LogP contribution is 2.28. The zero-order chi connectivity index (χ0) is 15.0. The molecular formula is C12H15ClN6O2. The fourth-order valence-electron chi connectivity index (χ4n) is 2.55. The second-order valence-electron chi connectivity index (χ2n) is 4.89. The molecule has 1 saturated heterocycles. The van der Waals surface area contributed by atoms with E-state index < -0.39 is 6.09 Å². The molecule has 1 aliphatic rings. The zero-order valence-corrected chi connectivity index (χ0v) is 12.5. The monoisotopic (exact) mass is 310 g/mol. The van der Waals surface area contributed by atoms with Gasteiger partial charge in [0.2, 0.25) is 0 Å². The molecule has 9 heteroatoms. The molecule has 21 heavy (non-hydrogen) atoms. The highest BCUT2D eigenvalue weighted by atomic mass is 35.5. The first kappa shape index (κ1) is 13.9. The lowest BCUT2D eigenvalue weighted by atomic mass is 10.3. The maximum Gasteiger partial charge on any atom is 0.407 e. The van der Waals surface area contributed by atoms with Crippen LogP contribution >= 0.6 is 11.6 Å². The Hall–Kier alpha value is -2.09. The molecule has 0 aliphatic carbocycles. The Kier molecular flexibility index (Phi) is 3.54. The van der Waals surface area contributed by atoms with Gasteiger partial charge in [0.1, 0.15) is 17.3 Å². The topological polar surface area (TPSA) is 84.6 Å². The summed E-state index contributed by atoms with van der Waals surface area (Å²) in [4.78, 5) is 21.7. The van der Waals surface area contributed by atoms with Gasteiger partial charge in [-0.25, -0.2) is 4.79 Å². The summed E-state index contributed by atoms with van der Waals surface area (Å²) < 4.78 is 6.29. The second-order valence-corrected chi connectivity index (χ2v) is 5.25. The quantitative estimate of drug-likeness (QED) is 0.834. The van der Waals surface area contributed by atoms with Gasteiger partial charge in [-0.2, -0.15) is 19.6 Å². The molecule has 1 fully saturated rings. The number of carbonyl (C=O) groups excluding carboxylic acids is 1. The Morgan fingerprint density at radius 1 is 1.57 bits per heavy atom. The molecule has 112 valence electrons. The van der Waals surface area contributed by atoms with Crippen molar-refractivity contribution < 1.29 is 9.53 Å². The molecule has 0 saturated carbocycles. The fourth-order valence-corrected chi connectivity index (χ4v) is 2.71. The maximum atomic E-state index is 11.3. The molecule has 0 radical (unpaired) electrons. The normalized spacial score (nSPS) is 18.2. The van der Waals surface area contributed by atoms with E-state index in [1.54, 1.807) is 4.52 Å². The van der Waals surface area contributed by atoms with Crippen molar-refractivity contribution >= 4 is 29.3 Å². The molecule has 1 unspecified atom stereocenters. The number of carbonyl (C=O) groups is 1. The molecule has 3 heterocycles. The molecule has 2 aromatic rings. The lowest BCUT2D eigenvalue weighted by Crippen LogP contribution is -2.37. The van der Waals surface area contributed by atoms with Gasteiger partial charge in [0.05, 0.1) is 13.2 Å². The number of hydrogen-bond donors (Lipinski definition) is 1. The van der Waals surface area contributed by atoms with Gasteiger partial charge in [0.15, 0.2) is 0 Å². The van der Waals surface area contributed by atoms with E-state index in [4.69, 9.17) is 11.6 Å². The predicted molar refractivity (Wildman–Crippen MR) is 76.7 cm³/mol. The van der Waals surface area contributed by atoms with Crippen LogP contribution < -0.4 is 10.2 Å². The summed E-state index contributed by atoms with van der Waals surface area (Å²) >= 11 is 6.16. The summed E-state index contributed by atoms with van der Waals surface area (Å²) in [6, 6.07) is 0.0300. The van der Waals surface area contributed by atoms with Crippen LogP contribution in [0, 0.1) is 6.92 Å². The van der Waals surface area contributed by atoms with Crippen molar-refractivity contribution in [1.29, 1.82) is 0 Å². The summed E-state index contributed by atoms with van der Waals surface area (Å²) in [5.41, 5.74) is 0.841. The number of rotatable bonds is 2.